The van der Waals surface area contributed by atoms with Crippen LogP contribution in [-0.2, 0) is 9.59 Å². The van der Waals surface area contributed by atoms with E-state index in [1.54, 1.807) is 26.6 Å². The molecule has 34 heavy (non-hydrogen) atoms. The molecule has 0 heterocycles. The molecule has 182 valence electrons. The maximum atomic E-state index is 11.9. The Morgan fingerprint density at radius 2 is 1.18 bits per heavy atom. The summed E-state index contributed by atoms with van der Waals surface area (Å²) in [6.45, 7) is 0. The van der Waals surface area contributed by atoms with Crippen LogP contribution in [0.4, 0.5) is 0 Å². The first-order chi connectivity index (χ1) is 16.4. The average Bonchev–Trinajstić information content (AvgIpc) is 2.83. The van der Waals surface area contributed by atoms with E-state index in [1.165, 1.54) is 0 Å². The van der Waals surface area contributed by atoms with E-state index in [2.05, 4.69) is 52.9 Å². The zero-order chi connectivity index (χ0) is 24.8. The Morgan fingerprint density at radius 3 is 1.56 bits per heavy atom. The smallest absolute Gasteiger partial charge is 0.240 e. The van der Waals surface area contributed by atoms with Gasteiger partial charge in [0.05, 0.1) is 26.6 Å². The number of ether oxygens (including phenoxy) is 2. The molecule has 2 amide bonds. The van der Waals surface area contributed by atoms with E-state index in [9.17, 15) is 9.59 Å². The summed E-state index contributed by atoms with van der Waals surface area (Å²) in [7, 11) is 3.19. The van der Waals surface area contributed by atoms with Crippen LogP contribution in [0, 0.1) is 0 Å². The Hall–Kier alpha value is -2.72. The van der Waals surface area contributed by atoms with E-state index >= 15 is 0 Å². The van der Waals surface area contributed by atoms with Crippen molar-refractivity contribution in [2.75, 3.05) is 14.2 Å². The first kappa shape index (κ1) is 27.5. The van der Waals surface area contributed by atoms with Crippen LogP contribution in [0.5, 0.6) is 11.5 Å². The van der Waals surface area contributed by atoms with E-state index in [0.29, 0.717) is 24.3 Å². The van der Waals surface area contributed by atoms with E-state index in [-0.39, 0.29) is 11.8 Å². The van der Waals surface area contributed by atoms with Crippen LogP contribution in [0.3, 0.4) is 0 Å². The van der Waals surface area contributed by atoms with Crippen molar-refractivity contribution < 1.29 is 19.1 Å². The first-order valence-electron chi connectivity index (χ1n) is 10.7. The van der Waals surface area contributed by atoms with Gasteiger partial charge in [0.1, 0.15) is 11.5 Å². The molecule has 2 aromatic rings. The fraction of sp³-hybridized carbons (Fsp3) is 0.333. The predicted octanol–water partition coefficient (Wildman–Crippen LogP) is 5.17. The van der Waals surface area contributed by atoms with E-state index in [0.717, 1.165) is 45.8 Å². The molecule has 8 nitrogen and oxygen atoms in total. The third-order valence-corrected chi connectivity index (χ3v) is 6.19. The highest BCUT2D eigenvalue weighted by Crippen LogP contribution is 2.21. The van der Waals surface area contributed by atoms with Crippen molar-refractivity contribution in [1.82, 2.24) is 10.9 Å². The minimum Gasteiger partial charge on any atom is -0.497 e. The highest BCUT2D eigenvalue weighted by Gasteiger charge is 2.04. The second kappa shape index (κ2) is 15.2. The molecule has 2 N–H and O–H groups in total. The molecule has 0 fully saturated rings. The zero-order valence-corrected chi connectivity index (χ0v) is 22.3. The Balaban J connectivity index is 1.58. The minimum atomic E-state index is -0.147. The lowest BCUT2D eigenvalue weighted by Gasteiger charge is -2.04. The monoisotopic (exact) mass is 594 g/mol. The second-order valence-corrected chi connectivity index (χ2v) is 8.98. The molecule has 0 unspecified atom stereocenters. The molecule has 0 spiro atoms. The summed E-state index contributed by atoms with van der Waals surface area (Å²) >= 11 is 6.87. The fourth-order valence-corrected chi connectivity index (χ4v) is 3.58. The van der Waals surface area contributed by atoms with Gasteiger partial charge < -0.3 is 9.47 Å². The van der Waals surface area contributed by atoms with Crippen molar-refractivity contribution in [1.29, 1.82) is 0 Å². The van der Waals surface area contributed by atoms with Crippen molar-refractivity contribution in [3.05, 3.63) is 56.5 Å². The number of unbranched alkanes of at least 4 members (excludes halogenated alkanes) is 3. The third-order valence-electron chi connectivity index (χ3n) is 4.75. The van der Waals surface area contributed by atoms with Crippen LogP contribution < -0.4 is 20.3 Å². The molecule has 2 rings (SSSR count). The highest BCUT2D eigenvalue weighted by molar-refractivity contribution is 9.10. The van der Waals surface area contributed by atoms with Crippen LogP contribution in [-0.4, -0.2) is 38.5 Å². The summed E-state index contributed by atoms with van der Waals surface area (Å²) in [5.74, 6) is 1.12. The molecular weight excluding hydrogens is 568 g/mol. The molecular formula is C24H28Br2N4O4. The number of nitrogens with one attached hydrogen (secondary N) is 2. The number of halogens is 2. The average molecular weight is 596 g/mol. The van der Waals surface area contributed by atoms with Gasteiger partial charge in [-0.05, 0) is 49.2 Å². The van der Waals surface area contributed by atoms with Crippen LogP contribution in [0.25, 0.3) is 0 Å². The Bertz CT molecular complexity index is 947. The van der Waals surface area contributed by atoms with Crippen molar-refractivity contribution in [2.45, 2.75) is 38.5 Å². The summed E-state index contributed by atoms with van der Waals surface area (Å²) in [6, 6.07) is 11.0. The first-order valence-corrected chi connectivity index (χ1v) is 12.3. The van der Waals surface area contributed by atoms with Crippen LogP contribution in [0.1, 0.15) is 49.7 Å². The van der Waals surface area contributed by atoms with E-state index in [1.807, 2.05) is 36.4 Å². The van der Waals surface area contributed by atoms with Gasteiger partial charge in [0, 0.05) is 32.9 Å². The maximum absolute atomic E-state index is 11.9. The minimum absolute atomic E-state index is 0.147. The van der Waals surface area contributed by atoms with Crippen molar-refractivity contribution in [3.8, 4) is 11.5 Å². The normalized spacial score (nSPS) is 11.1. The standard InChI is InChI=1S/C24H28Br2N4O4/c1-33-19-9-11-21(25)17(13-19)15-27-29-23(31)7-5-3-4-6-8-24(32)30-28-16-18-14-20(34-2)10-12-22(18)26/h9-16H,3-8H2,1-2H3,(H,29,31)(H,30,32)/b27-15+,28-16+. The van der Waals surface area contributed by atoms with Crippen molar-refractivity contribution in [2.24, 2.45) is 10.2 Å². The highest BCUT2D eigenvalue weighted by atomic mass is 79.9. The fourth-order valence-electron chi connectivity index (χ4n) is 2.88. The van der Waals surface area contributed by atoms with Gasteiger partial charge in [0.25, 0.3) is 0 Å². The van der Waals surface area contributed by atoms with E-state index < -0.39 is 0 Å². The number of methoxy groups -OCH3 is 2. The van der Waals surface area contributed by atoms with Crippen LogP contribution >= 0.6 is 31.9 Å². The third kappa shape index (κ3) is 10.0. The van der Waals surface area contributed by atoms with Gasteiger partial charge in [-0.25, -0.2) is 10.9 Å². The lowest BCUT2D eigenvalue weighted by Crippen LogP contribution is -2.17. The quantitative estimate of drug-likeness (QED) is 0.189. The number of nitrogens with zero attached hydrogens (tertiary/aromatic N) is 2. The number of benzene rings is 2. The molecule has 2 aromatic carbocycles. The van der Waals surface area contributed by atoms with Gasteiger partial charge in [-0.3, -0.25) is 9.59 Å². The Labute approximate surface area is 216 Å². The molecule has 0 saturated heterocycles. The molecule has 0 aliphatic heterocycles. The molecule has 10 heteroatoms. The van der Waals surface area contributed by atoms with Crippen LogP contribution in [0.2, 0.25) is 0 Å². The van der Waals surface area contributed by atoms with E-state index in [4.69, 9.17) is 9.47 Å². The molecule has 0 atom stereocenters. The molecule has 0 aliphatic carbocycles. The molecule has 0 saturated carbocycles. The largest absolute Gasteiger partial charge is 0.497 e. The van der Waals surface area contributed by atoms with Gasteiger partial charge in [-0.2, -0.15) is 10.2 Å². The lowest BCUT2D eigenvalue weighted by atomic mass is 10.1. The van der Waals surface area contributed by atoms with Gasteiger partial charge in [0.2, 0.25) is 11.8 Å². The predicted molar refractivity (Wildman–Crippen MR) is 141 cm³/mol. The maximum Gasteiger partial charge on any atom is 0.240 e. The second-order valence-electron chi connectivity index (χ2n) is 7.28. The molecule has 0 aliphatic rings. The van der Waals surface area contributed by atoms with Gasteiger partial charge >= 0.3 is 0 Å². The Kier molecular flexibility index (Phi) is 12.3. The molecule has 0 aromatic heterocycles. The molecule has 0 radical (unpaired) electrons. The number of hydrogen-bond acceptors (Lipinski definition) is 6. The summed E-state index contributed by atoms with van der Waals surface area (Å²) < 4.78 is 12.1. The topological polar surface area (TPSA) is 101 Å². The zero-order valence-electron chi connectivity index (χ0n) is 19.1. The number of amides is 2. The summed E-state index contributed by atoms with van der Waals surface area (Å²) in [4.78, 5) is 23.9. The van der Waals surface area contributed by atoms with Crippen LogP contribution in [0.15, 0.2) is 55.5 Å². The summed E-state index contributed by atoms with van der Waals surface area (Å²) in [6.07, 6.45) is 7.06. The SMILES string of the molecule is COc1ccc(Br)c(/C=N/NC(=O)CCCCCCC(=O)N/N=C/c2cc(OC)ccc2Br)c1. The Morgan fingerprint density at radius 1 is 0.765 bits per heavy atom. The number of hydrazone groups is 2. The lowest BCUT2D eigenvalue weighted by molar-refractivity contribution is -0.122. The number of rotatable bonds is 13. The van der Waals surface area contributed by atoms with Gasteiger partial charge in [0.15, 0.2) is 0 Å². The summed E-state index contributed by atoms with van der Waals surface area (Å²) in [5, 5.41) is 7.99. The van der Waals surface area contributed by atoms with Gasteiger partial charge in [-0.15, -0.1) is 0 Å². The van der Waals surface area contributed by atoms with Gasteiger partial charge in [-0.1, -0.05) is 44.7 Å². The number of carbonyl (C=O) groups excluding carboxylic acids is 2. The number of hydrogen-bond donors (Lipinski definition) is 2. The van der Waals surface area contributed by atoms with Crippen molar-refractivity contribution in [3.63, 3.8) is 0 Å². The number of carbonyl (C=O) groups is 2. The van der Waals surface area contributed by atoms with Crippen molar-refractivity contribution >= 4 is 56.1 Å². The molecule has 0 bridgehead atoms. The summed E-state index contributed by atoms with van der Waals surface area (Å²) in [5.41, 5.74) is 6.67.